The highest BCUT2D eigenvalue weighted by atomic mass is 19.1. The third-order valence-electron chi connectivity index (χ3n) is 8.32. The Balaban J connectivity index is 1.10. The number of fused-ring (bicyclic) bond motifs is 1. The van der Waals surface area contributed by atoms with E-state index in [2.05, 4.69) is 14.8 Å². The van der Waals surface area contributed by atoms with Crippen LogP contribution in [0.15, 0.2) is 29.1 Å². The van der Waals surface area contributed by atoms with Gasteiger partial charge in [-0.25, -0.2) is 9.37 Å². The zero-order valence-electron chi connectivity index (χ0n) is 18.1. The number of nitrogens with one attached hydrogen (secondary N) is 1. The van der Waals surface area contributed by atoms with Gasteiger partial charge in [-0.05, 0) is 75.0 Å². The Labute approximate surface area is 182 Å². The maximum Gasteiger partial charge on any atom is 0.254 e. The molecule has 2 aromatic rings. The number of rotatable bonds is 3. The highest BCUT2D eigenvalue weighted by Gasteiger charge is 2.46. The molecule has 164 valence electrons. The maximum absolute atomic E-state index is 13.6. The Bertz CT molecular complexity index is 1040. The van der Waals surface area contributed by atoms with Gasteiger partial charge in [0, 0.05) is 49.4 Å². The third kappa shape index (κ3) is 3.69. The van der Waals surface area contributed by atoms with Gasteiger partial charge in [-0.3, -0.25) is 9.69 Å². The van der Waals surface area contributed by atoms with Gasteiger partial charge < -0.3 is 9.88 Å². The summed E-state index contributed by atoms with van der Waals surface area (Å²) < 4.78 is 13.6. The zero-order valence-corrected chi connectivity index (χ0v) is 18.1. The molecule has 6 heteroatoms. The molecule has 2 atom stereocenters. The summed E-state index contributed by atoms with van der Waals surface area (Å²) in [6, 6.07) is 7.46. The van der Waals surface area contributed by atoms with Crippen molar-refractivity contribution in [3.63, 3.8) is 0 Å². The van der Waals surface area contributed by atoms with Crippen molar-refractivity contribution >= 4 is 5.69 Å². The number of aromatic nitrogens is 2. The van der Waals surface area contributed by atoms with E-state index in [1.165, 1.54) is 25.3 Å². The van der Waals surface area contributed by atoms with Crippen LogP contribution in [0.2, 0.25) is 0 Å². The van der Waals surface area contributed by atoms with Crippen LogP contribution in [0.3, 0.4) is 0 Å². The fourth-order valence-electron chi connectivity index (χ4n) is 6.15. The quantitative estimate of drug-likeness (QED) is 0.821. The van der Waals surface area contributed by atoms with Crippen LogP contribution in [-0.2, 0) is 12.8 Å². The molecule has 1 aliphatic heterocycles. The van der Waals surface area contributed by atoms with E-state index < -0.39 is 0 Å². The van der Waals surface area contributed by atoms with Crippen molar-refractivity contribution in [2.24, 2.45) is 5.41 Å². The molecule has 6 rings (SSSR count). The molecule has 1 spiro atoms. The standard InChI is InChI=1S/C25H31FN4O/c26-18-2-1-3-19(15-18)29-10-12-30(13-11-29)20-5-4-17(14-20)23-27-22-6-7-25(8-9-25)16-21(22)24(31)28-23/h1-3,15,17,20H,4-14,16H2,(H,27,28,31)/t17-,20+/m1/s1. The van der Waals surface area contributed by atoms with E-state index in [0.29, 0.717) is 17.4 Å². The molecule has 0 amide bonds. The molecule has 1 saturated heterocycles. The van der Waals surface area contributed by atoms with E-state index in [-0.39, 0.29) is 11.4 Å². The fourth-order valence-corrected chi connectivity index (χ4v) is 6.15. The first-order valence-corrected chi connectivity index (χ1v) is 12.0. The summed E-state index contributed by atoms with van der Waals surface area (Å²) in [7, 11) is 0. The first kappa shape index (κ1) is 19.5. The summed E-state index contributed by atoms with van der Waals surface area (Å²) in [5.41, 5.74) is 3.58. The third-order valence-corrected chi connectivity index (χ3v) is 8.32. The van der Waals surface area contributed by atoms with Gasteiger partial charge in [0.05, 0.1) is 5.69 Å². The minimum atomic E-state index is -0.169. The first-order valence-electron chi connectivity index (χ1n) is 12.0. The highest BCUT2D eigenvalue weighted by molar-refractivity contribution is 5.46. The second-order valence-corrected chi connectivity index (χ2v) is 10.2. The van der Waals surface area contributed by atoms with Crippen molar-refractivity contribution in [3.05, 3.63) is 57.5 Å². The normalized spacial score (nSPS) is 27.5. The van der Waals surface area contributed by atoms with Gasteiger partial charge in [-0.15, -0.1) is 0 Å². The molecule has 3 fully saturated rings. The van der Waals surface area contributed by atoms with Crippen molar-refractivity contribution in [3.8, 4) is 0 Å². The predicted octanol–water partition coefficient (Wildman–Crippen LogP) is 3.64. The molecule has 4 aliphatic rings. The van der Waals surface area contributed by atoms with Crippen LogP contribution in [0, 0.1) is 11.2 Å². The smallest absolute Gasteiger partial charge is 0.254 e. The number of H-pyrrole nitrogens is 1. The Morgan fingerprint density at radius 1 is 1.10 bits per heavy atom. The number of halogens is 1. The summed E-state index contributed by atoms with van der Waals surface area (Å²) in [4.78, 5) is 25.8. The highest BCUT2D eigenvalue weighted by Crippen LogP contribution is 2.54. The molecule has 5 nitrogen and oxygen atoms in total. The molecular formula is C25H31FN4O. The lowest BCUT2D eigenvalue weighted by atomic mass is 9.84. The van der Waals surface area contributed by atoms with E-state index in [9.17, 15) is 9.18 Å². The number of hydrogen-bond acceptors (Lipinski definition) is 4. The second-order valence-electron chi connectivity index (χ2n) is 10.2. The molecule has 1 aromatic carbocycles. The van der Waals surface area contributed by atoms with Gasteiger partial charge in [-0.2, -0.15) is 0 Å². The number of anilines is 1. The van der Waals surface area contributed by atoms with Crippen molar-refractivity contribution in [1.29, 1.82) is 0 Å². The molecular weight excluding hydrogens is 391 g/mol. The molecule has 2 heterocycles. The van der Waals surface area contributed by atoms with Gasteiger partial charge in [-0.1, -0.05) is 6.07 Å². The Kier molecular flexibility index (Phi) is 4.67. The van der Waals surface area contributed by atoms with E-state index >= 15 is 0 Å². The SMILES string of the molecule is O=c1[nH]c([C@@H]2CC[C@H](N3CCN(c4cccc(F)c4)CC3)C2)nc2c1CC1(CC2)CC1. The van der Waals surface area contributed by atoms with Crippen LogP contribution in [-0.4, -0.2) is 47.1 Å². The van der Waals surface area contributed by atoms with Crippen molar-refractivity contribution in [2.75, 3.05) is 31.1 Å². The fraction of sp³-hybridized carbons (Fsp3) is 0.600. The topological polar surface area (TPSA) is 52.2 Å². The molecule has 1 N–H and O–H groups in total. The Morgan fingerprint density at radius 2 is 1.94 bits per heavy atom. The maximum atomic E-state index is 13.6. The first-order chi connectivity index (χ1) is 15.1. The van der Waals surface area contributed by atoms with Crippen LogP contribution >= 0.6 is 0 Å². The molecule has 3 aliphatic carbocycles. The van der Waals surface area contributed by atoms with Crippen molar-refractivity contribution in [2.45, 2.75) is 63.3 Å². The number of nitrogens with zero attached hydrogens (tertiary/aromatic N) is 3. The molecule has 2 saturated carbocycles. The van der Waals surface area contributed by atoms with Crippen LogP contribution in [0.1, 0.15) is 61.5 Å². The van der Waals surface area contributed by atoms with E-state index in [1.807, 2.05) is 6.07 Å². The van der Waals surface area contributed by atoms with Gasteiger partial charge in [0.1, 0.15) is 11.6 Å². The van der Waals surface area contributed by atoms with Gasteiger partial charge >= 0.3 is 0 Å². The van der Waals surface area contributed by atoms with E-state index in [1.54, 1.807) is 12.1 Å². The minimum absolute atomic E-state index is 0.123. The summed E-state index contributed by atoms with van der Waals surface area (Å²) >= 11 is 0. The van der Waals surface area contributed by atoms with Crippen LogP contribution < -0.4 is 10.5 Å². The molecule has 31 heavy (non-hydrogen) atoms. The molecule has 0 bridgehead atoms. The van der Waals surface area contributed by atoms with Gasteiger partial charge in [0.2, 0.25) is 0 Å². The molecule has 1 aromatic heterocycles. The summed E-state index contributed by atoms with van der Waals surface area (Å²) in [6.07, 6.45) is 9.02. The van der Waals surface area contributed by atoms with Crippen LogP contribution in [0.4, 0.5) is 10.1 Å². The number of hydrogen-bond donors (Lipinski definition) is 1. The number of benzene rings is 1. The number of aromatic amines is 1. The van der Waals surface area contributed by atoms with Gasteiger partial charge in [0.25, 0.3) is 5.56 Å². The number of aryl methyl sites for hydroxylation is 1. The van der Waals surface area contributed by atoms with Crippen LogP contribution in [0.5, 0.6) is 0 Å². The Hall–Kier alpha value is -2.21. The second kappa shape index (κ2) is 7.44. The molecule has 0 radical (unpaired) electrons. The lowest BCUT2D eigenvalue weighted by Gasteiger charge is -2.39. The predicted molar refractivity (Wildman–Crippen MR) is 119 cm³/mol. The Morgan fingerprint density at radius 3 is 2.71 bits per heavy atom. The van der Waals surface area contributed by atoms with E-state index in [0.717, 1.165) is 81.1 Å². The lowest BCUT2D eigenvalue weighted by Crippen LogP contribution is -2.49. The average Bonchev–Trinajstić information content (AvgIpc) is 3.34. The van der Waals surface area contributed by atoms with E-state index in [4.69, 9.17) is 4.98 Å². The summed E-state index contributed by atoms with van der Waals surface area (Å²) in [6.45, 7) is 3.87. The van der Waals surface area contributed by atoms with Crippen molar-refractivity contribution in [1.82, 2.24) is 14.9 Å². The average molecular weight is 423 g/mol. The van der Waals surface area contributed by atoms with Crippen molar-refractivity contribution < 1.29 is 4.39 Å². The zero-order chi connectivity index (χ0) is 21.0. The summed E-state index contributed by atoms with van der Waals surface area (Å²) in [5.74, 6) is 1.12. The minimum Gasteiger partial charge on any atom is -0.369 e. The monoisotopic (exact) mass is 422 g/mol. The largest absolute Gasteiger partial charge is 0.369 e. The lowest BCUT2D eigenvalue weighted by molar-refractivity contribution is 0.186. The summed E-state index contributed by atoms with van der Waals surface area (Å²) in [5, 5.41) is 0. The number of piperazine rings is 1. The van der Waals surface area contributed by atoms with Gasteiger partial charge in [0.15, 0.2) is 0 Å². The molecule has 0 unspecified atom stereocenters. The van der Waals surface area contributed by atoms with Crippen LogP contribution in [0.25, 0.3) is 0 Å².